The first-order valence-corrected chi connectivity index (χ1v) is 9.23. The molecule has 0 aliphatic carbocycles. The van der Waals surface area contributed by atoms with Crippen LogP contribution < -0.4 is 9.04 Å². The summed E-state index contributed by atoms with van der Waals surface area (Å²) in [5.74, 6) is 0.375. The second-order valence-corrected chi connectivity index (χ2v) is 7.89. The van der Waals surface area contributed by atoms with Gasteiger partial charge >= 0.3 is 0 Å². The van der Waals surface area contributed by atoms with Crippen LogP contribution in [0.3, 0.4) is 0 Å². The molecule has 1 aliphatic heterocycles. The quantitative estimate of drug-likeness (QED) is 0.806. The number of methoxy groups -OCH3 is 1. The number of benzene rings is 2. The van der Waals surface area contributed by atoms with E-state index in [0.29, 0.717) is 17.0 Å². The molecule has 0 unspecified atom stereocenters. The Hall–Kier alpha value is -1.76. The number of rotatable bonds is 3. The van der Waals surface area contributed by atoms with Gasteiger partial charge in [0.25, 0.3) is 10.0 Å². The van der Waals surface area contributed by atoms with Gasteiger partial charge in [-0.2, -0.15) is 0 Å². The smallest absolute Gasteiger partial charge is 0.264 e. The van der Waals surface area contributed by atoms with Gasteiger partial charge in [0.15, 0.2) is 5.78 Å². The van der Waals surface area contributed by atoms with E-state index in [1.54, 1.807) is 18.2 Å². The molecule has 0 fully saturated rings. The number of carbonyl (C=O) groups is 1. The maximum atomic E-state index is 13.0. The minimum Gasteiger partial charge on any atom is -0.497 e. The van der Waals surface area contributed by atoms with Crippen LogP contribution in [-0.4, -0.2) is 27.9 Å². The van der Waals surface area contributed by atoms with Crippen molar-refractivity contribution in [2.24, 2.45) is 0 Å². The Morgan fingerprint density at radius 3 is 2.50 bits per heavy atom. The van der Waals surface area contributed by atoms with Crippen LogP contribution in [0, 0.1) is 0 Å². The summed E-state index contributed by atoms with van der Waals surface area (Å²) in [5.41, 5.74) is 0.655. The fourth-order valence-electron chi connectivity index (χ4n) is 2.56. The van der Waals surface area contributed by atoms with Gasteiger partial charge < -0.3 is 4.74 Å². The van der Waals surface area contributed by atoms with Crippen LogP contribution in [-0.2, 0) is 10.0 Å². The highest BCUT2D eigenvalue weighted by Gasteiger charge is 2.32. The van der Waals surface area contributed by atoms with Crippen molar-refractivity contribution < 1.29 is 17.9 Å². The lowest BCUT2D eigenvalue weighted by Gasteiger charge is -2.30. The van der Waals surface area contributed by atoms with Gasteiger partial charge in [-0.1, -0.05) is 23.2 Å². The van der Waals surface area contributed by atoms with E-state index in [9.17, 15) is 13.2 Å². The van der Waals surface area contributed by atoms with Gasteiger partial charge in [0.1, 0.15) is 5.75 Å². The molecular weight excluding hydrogens is 373 g/mol. The molecule has 0 amide bonds. The van der Waals surface area contributed by atoms with Crippen LogP contribution >= 0.6 is 23.2 Å². The molecule has 0 spiro atoms. The molecule has 3 rings (SSSR count). The Labute approximate surface area is 149 Å². The lowest BCUT2D eigenvalue weighted by molar-refractivity contribution is 0.0981. The Balaban J connectivity index is 2.11. The Morgan fingerprint density at radius 2 is 1.83 bits per heavy atom. The van der Waals surface area contributed by atoms with E-state index in [0.717, 1.165) is 0 Å². The van der Waals surface area contributed by atoms with Crippen molar-refractivity contribution in [2.45, 2.75) is 11.3 Å². The summed E-state index contributed by atoms with van der Waals surface area (Å²) < 4.78 is 32.2. The van der Waals surface area contributed by atoms with E-state index < -0.39 is 10.0 Å². The van der Waals surface area contributed by atoms with Crippen molar-refractivity contribution in [2.75, 3.05) is 18.0 Å². The van der Waals surface area contributed by atoms with E-state index in [4.69, 9.17) is 27.9 Å². The van der Waals surface area contributed by atoms with Crippen molar-refractivity contribution in [3.8, 4) is 5.75 Å². The predicted molar refractivity (Wildman–Crippen MR) is 92.9 cm³/mol. The summed E-state index contributed by atoms with van der Waals surface area (Å²) in [7, 11) is -2.38. The van der Waals surface area contributed by atoms with Crippen LogP contribution in [0.4, 0.5) is 5.69 Å². The maximum Gasteiger partial charge on any atom is 0.264 e. The number of Topliss-reactive ketones (excluding diaryl/α,β-unsaturated/α-hetero) is 1. The van der Waals surface area contributed by atoms with E-state index in [2.05, 4.69) is 0 Å². The molecule has 5 nitrogen and oxygen atoms in total. The summed E-state index contributed by atoms with van der Waals surface area (Å²) in [6, 6.07) is 8.87. The van der Waals surface area contributed by atoms with Crippen LogP contribution in [0.25, 0.3) is 0 Å². The van der Waals surface area contributed by atoms with Crippen molar-refractivity contribution in [1.29, 1.82) is 0 Å². The summed E-state index contributed by atoms with van der Waals surface area (Å²) >= 11 is 11.8. The van der Waals surface area contributed by atoms with E-state index in [1.807, 2.05) is 0 Å². The normalized spacial score (nSPS) is 14.5. The topological polar surface area (TPSA) is 63.7 Å². The molecule has 0 saturated carbocycles. The van der Waals surface area contributed by atoms with Crippen LogP contribution in [0.5, 0.6) is 5.75 Å². The second-order valence-electron chi connectivity index (χ2n) is 5.21. The first kappa shape index (κ1) is 17.1. The molecule has 1 heterocycles. The molecule has 0 radical (unpaired) electrons. The first-order chi connectivity index (χ1) is 11.3. The van der Waals surface area contributed by atoms with Gasteiger partial charge in [-0.25, -0.2) is 8.42 Å². The maximum absolute atomic E-state index is 13.0. The van der Waals surface area contributed by atoms with E-state index in [-0.39, 0.29) is 33.7 Å². The summed E-state index contributed by atoms with van der Waals surface area (Å²) in [5, 5.41) is 0.426. The molecule has 126 valence electrons. The number of fused-ring (bicyclic) bond motifs is 1. The monoisotopic (exact) mass is 385 g/mol. The lowest BCUT2D eigenvalue weighted by atomic mass is 10.0. The third kappa shape index (κ3) is 2.85. The average Bonchev–Trinajstić information content (AvgIpc) is 2.57. The van der Waals surface area contributed by atoms with Gasteiger partial charge in [-0.15, -0.1) is 0 Å². The third-order valence-corrected chi connectivity index (χ3v) is 6.34. The molecule has 0 bridgehead atoms. The zero-order chi connectivity index (χ0) is 17.5. The van der Waals surface area contributed by atoms with Gasteiger partial charge in [0, 0.05) is 18.5 Å². The predicted octanol–water partition coefficient (Wildman–Crippen LogP) is 3.78. The van der Waals surface area contributed by atoms with Crippen molar-refractivity contribution in [1.82, 2.24) is 0 Å². The van der Waals surface area contributed by atoms with Gasteiger partial charge in [-0.05, 0) is 36.4 Å². The Bertz CT molecular complexity index is 928. The number of ether oxygens (including phenoxy) is 1. The van der Waals surface area contributed by atoms with Crippen LogP contribution in [0.1, 0.15) is 16.8 Å². The number of hydrogen-bond donors (Lipinski definition) is 0. The van der Waals surface area contributed by atoms with Crippen molar-refractivity contribution >= 4 is 44.7 Å². The van der Waals surface area contributed by atoms with Crippen LogP contribution in [0.2, 0.25) is 10.0 Å². The molecule has 0 atom stereocenters. The van der Waals surface area contributed by atoms with Gasteiger partial charge in [0.2, 0.25) is 0 Å². The third-order valence-electron chi connectivity index (χ3n) is 3.79. The van der Waals surface area contributed by atoms with Gasteiger partial charge in [0.05, 0.1) is 27.7 Å². The number of nitrogens with zero attached hydrogens (tertiary/aromatic N) is 1. The highest BCUT2D eigenvalue weighted by molar-refractivity contribution is 7.92. The number of hydrogen-bond acceptors (Lipinski definition) is 4. The SMILES string of the molecule is COc1ccc2c(c1)C(=O)CCN2S(=O)(=O)c1ccc(Cl)c(Cl)c1. The van der Waals surface area contributed by atoms with Gasteiger partial charge in [-0.3, -0.25) is 9.10 Å². The molecule has 0 aromatic heterocycles. The molecule has 1 aliphatic rings. The number of ketones is 1. The number of anilines is 1. The fraction of sp³-hybridized carbons (Fsp3) is 0.188. The molecule has 2 aromatic carbocycles. The van der Waals surface area contributed by atoms with Crippen molar-refractivity contribution in [3.05, 3.63) is 52.0 Å². The first-order valence-electron chi connectivity index (χ1n) is 7.03. The minimum atomic E-state index is -3.86. The minimum absolute atomic E-state index is 0.0213. The zero-order valence-electron chi connectivity index (χ0n) is 12.6. The zero-order valence-corrected chi connectivity index (χ0v) is 15.0. The van der Waals surface area contributed by atoms with E-state index in [1.165, 1.54) is 29.6 Å². The standard InChI is InChI=1S/C16H13Cl2NO4S/c1-23-10-2-5-15-12(8-10)16(20)6-7-19(15)24(21,22)11-3-4-13(17)14(18)9-11/h2-5,8-9H,6-7H2,1H3. The lowest BCUT2D eigenvalue weighted by Crippen LogP contribution is -2.37. The summed E-state index contributed by atoms with van der Waals surface area (Å²) in [4.78, 5) is 12.2. The fourth-order valence-corrected chi connectivity index (χ4v) is 4.43. The highest BCUT2D eigenvalue weighted by Crippen LogP contribution is 2.35. The second kappa shape index (κ2) is 6.27. The van der Waals surface area contributed by atoms with Crippen LogP contribution in [0.15, 0.2) is 41.3 Å². The van der Waals surface area contributed by atoms with E-state index >= 15 is 0 Å². The molecule has 0 N–H and O–H groups in total. The summed E-state index contributed by atoms with van der Waals surface area (Å²) in [6.45, 7) is 0.0702. The number of halogens is 2. The average molecular weight is 386 g/mol. The molecule has 8 heteroatoms. The summed E-state index contributed by atoms with van der Waals surface area (Å²) in [6.07, 6.45) is 0.0979. The van der Waals surface area contributed by atoms with Crippen molar-refractivity contribution in [3.63, 3.8) is 0 Å². The molecule has 24 heavy (non-hydrogen) atoms. The Kier molecular flexibility index (Phi) is 4.46. The largest absolute Gasteiger partial charge is 0.497 e. The molecular formula is C16H13Cl2NO4S. The molecule has 2 aromatic rings. The number of sulfonamides is 1. The Morgan fingerprint density at radius 1 is 1.08 bits per heavy atom. The molecule has 0 saturated heterocycles. The highest BCUT2D eigenvalue weighted by atomic mass is 35.5. The number of carbonyl (C=O) groups excluding carboxylic acids is 1.